The number of hydrogen-bond acceptors (Lipinski definition) is 4. The molecule has 53 heavy (non-hydrogen) atoms. The number of para-hydroxylation sites is 2. The van der Waals surface area contributed by atoms with Crippen molar-refractivity contribution in [3.05, 3.63) is 151 Å². The summed E-state index contributed by atoms with van der Waals surface area (Å²) in [5, 5.41) is 5.64. The van der Waals surface area contributed by atoms with Gasteiger partial charge in [-0.1, -0.05) is 105 Å². The second-order valence-electron chi connectivity index (χ2n) is 14.4. The van der Waals surface area contributed by atoms with Gasteiger partial charge >= 0.3 is 0 Å². The van der Waals surface area contributed by atoms with Gasteiger partial charge in [-0.25, -0.2) is 4.98 Å². The molecule has 0 fully saturated rings. The molecule has 0 saturated carbocycles. The van der Waals surface area contributed by atoms with Gasteiger partial charge in [0.2, 0.25) is 5.71 Å². The number of rotatable bonds is 5. The van der Waals surface area contributed by atoms with E-state index in [0.717, 1.165) is 67.0 Å². The number of pyridine rings is 2. The third kappa shape index (κ3) is 6.88. The van der Waals surface area contributed by atoms with Crippen molar-refractivity contribution in [2.45, 2.75) is 46.3 Å². The zero-order valence-corrected chi connectivity index (χ0v) is 34.0. The molecule has 0 saturated heterocycles. The van der Waals surface area contributed by atoms with Crippen molar-refractivity contribution in [3.8, 4) is 28.3 Å². The van der Waals surface area contributed by atoms with Gasteiger partial charge in [-0.2, -0.15) is 0 Å². The molecular weight excluding hydrogens is 845 g/mol. The Morgan fingerprint density at radius 2 is 1.55 bits per heavy atom. The van der Waals surface area contributed by atoms with E-state index in [9.17, 15) is 0 Å². The Labute approximate surface area is 326 Å². The summed E-state index contributed by atoms with van der Waals surface area (Å²) >= 11 is 0. The first-order chi connectivity index (χ1) is 25.5. The van der Waals surface area contributed by atoms with Crippen LogP contribution in [-0.4, -0.2) is 27.6 Å². The van der Waals surface area contributed by atoms with Crippen LogP contribution in [0, 0.1) is 19.1 Å². The predicted molar refractivity (Wildman–Crippen MR) is 218 cm³/mol. The first kappa shape index (κ1) is 34.9. The number of aromatic nitrogens is 4. The zero-order valence-electron chi connectivity index (χ0n) is 31.7. The van der Waals surface area contributed by atoms with Crippen LogP contribution in [0.3, 0.4) is 0 Å². The van der Waals surface area contributed by atoms with E-state index in [-0.39, 0.29) is 20.1 Å². The fourth-order valence-electron chi connectivity index (χ4n) is 6.89. The summed E-state index contributed by atoms with van der Waals surface area (Å²) in [6.45, 7) is 12.8. The van der Waals surface area contributed by atoms with E-state index in [0.29, 0.717) is 5.71 Å². The van der Waals surface area contributed by atoms with Gasteiger partial charge in [-0.05, 0) is 59.4 Å². The molecule has 0 aliphatic rings. The van der Waals surface area contributed by atoms with Gasteiger partial charge in [0.25, 0.3) is 0 Å². The summed E-state index contributed by atoms with van der Waals surface area (Å²) in [5.41, 5.74) is 9.17. The Morgan fingerprint density at radius 1 is 0.774 bits per heavy atom. The Bertz CT molecular complexity index is 2770. The van der Waals surface area contributed by atoms with Crippen molar-refractivity contribution >= 4 is 57.1 Å². The molecule has 0 atom stereocenters. The molecule has 0 amide bonds. The van der Waals surface area contributed by atoms with E-state index in [1.165, 1.54) is 16.0 Å². The first-order valence-corrected chi connectivity index (χ1v) is 21.1. The maximum absolute atomic E-state index is 8.44. The van der Waals surface area contributed by atoms with E-state index in [4.69, 9.17) is 10.8 Å². The van der Waals surface area contributed by atoms with Crippen LogP contribution in [-0.2, 0) is 20.1 Å². The third-order valence-electron chi connectivity index (χ3n) is 9.47. The molecular formula is C46H40IrN4OSi-2. The molecule has 0 spiro atoms. The van der Waals surface area contributed by atoms with Crippen molar-refractivity contribution < 1.29 is 25.9 Å². The van der Waals surface area contributed by atoms with Gasteiger partial charge in [0.05, 0.1) is 30.5 Å². The van der Waals surface area contributed by atoms with Crippen LogP contribution >= 0.6 is 0 Å². The molecule has 0 aliphatic heterocycles. The first-order valence-electron chi connectivity index (χ1n) is 18.1. The van der Waals surface area contributed by atoms with Crippen LogP contribution in [0.4, 0.5) is 0 Å². The smallest absolute Gasteiger partial charge is 0.216 e. The maximum Gasteiger partial charge on any atom is 0.216 e. The topological polar surface area (TPSA) is 56.7 Å². The molecule has 4 aromatic heterocycles. The molecule has 9 rings (SSSR count). The Kier molecular flexibility index (Phi) is 9.65. The number of benzene rings is 5. The Balaban J connectivity index is 0.000000186. The summed E-state index contributed by atoms with van der Waals surface area (Å²) in [4.78, 5) is 14.3. The minimum absolute atomic E-state index is 0. The quantitative estimate of drug-likeness (QED) is 0.128. The molecule has 9 aromatic rings. The monoisotopic (exact) mass is 886 g/mol. The minimum Gasteiger partial charge on any atom is -0.486 e. The average molecular weight is 886 g/mol. The van der Waals surface area contributed by atoms with Gasteiger partial charge in [0.1, 0.15) is 0 Å². The standard InChI is InChI=1S/C29H18N3O.C17H22NSi.Ir/c1-18-16-17-22-21-11-7-12-23(27(21)33-29(22)30-18)28-31-24-13-4-5-14-26(24)32(28)25-15-6-9-19-8-2-3-10-20(19)25;1-13(2)15-11-16(14-9-7-6-8-10-14)18-12-17(15)19(3,4)5;/h2-11,13-17H,1H3;6-9,11-13H,1-5H3;/q2*-1;/i;13D;. The molecule has 1 radical (unpaired) electrons. The molecule has 0 bridgehead atoms. The Hall–Kier alpha value is -5.20. The SMILES string of the molecule is Cc1ccc2c(n1)oc1c(-c3nc4ccccc4n3-c3cccc4ccccc34)[c-]ccc12.[2H]C(C)(C)c1cc(-c2[c-]cccc2)ncc1[Si](C)(C)C.[Ir]. The van der Waals surface area contributed by atoms with Gasteiger partial charge in [-0.3, -0.25) is 4.98 Å². The zero-order chi connectivity index (χ0) is 36.9. The van der Waals surface area contributed by atoms with Crippen LogP contribution in [0.2, 0.25) is 19.6 Å². The third-order valence-corrected chi connectivity index (χ3v) is 11.5. The van der Waals surface area contributed by atoms with Gasteiger partial charge < -0.3 is 14.0 Å². The van der Waals surface area contributed by atoms with Crippen molar-refractivity contribution in [3.63, 3.8) is 0 Å². The largest absolute Gasteiger partial charge is 0.486 e. The second-order valence-corrected chi connectivity index (χ2v) is 19.4. The molecule has 0 aliphatic carbocycles. The molecule has 4 heterocycles. The van der Waals surface area contributed by atoms with Crippen molar-refractivity contribution in [2.75, 3.05) is 0 Å². The number of imidazole rings is 1. The molecule has 5 aromatic carbocycles. The molecule has 0 N–H and O–H groups in total. The van der Waals surface area contributed by atoms with Crippen LogP contribution in [0.5, 0.6) is 0 Å². The number of fused-ring (bicyclic) bond motifs is 5. The summed E-state index contributed by atoms with van der Waals surface area (Å²) in [6, 6.07) is 47.6. The molecule has 0 unspecified atom stereocenters. The van der Waals surface area contributed by atoms with E-state index in [1.807, 2.05) is 87.6 Å². The van der Waals surface area contributed by atoms with Crippen molar-refractivity contribution in [2.24, 2.45) is 0 Å². The summed E-state index contributed by atoms with van der Waals surface area (Å²) in [7, 11) is -1.50. The van der Waals surface area contributed by atoms with E-state index in [2.05, 4.69) is 107 Å². The van der Waals surface area contributed by atoms with Crippen LogP contribution in [0.15, 0.2) is 132 Å². The van der Waals surface area contributed by atoms with E-state index >= 15 is 0 Å². The van der Waals surface area contributed by atoms with Crippen molar-refractivity contribution in [1.29, 1.82) is 0 Å². The number of nitrogens with zero attached hydrogens (tertiary/aromatic N) is 4. The fourth-order valence-corrected chi connectivity index (χ4v) is 8.47. The average Bonchev–Trinajstić information content (AvgIpc) is 3.72. The molecule has 5 nitrogen and oxygen atoms in total. The normalized spacial score (nSPS) is 12.1. The van der Waals surface area contributed by atoms with E-state index < -0.39 is 14.0 Å². The van der Waals surface area contributed by atoms with Gasteiger partial charge in [0, 0.05) is 49.8 Å². The summed E-state index contributed by atoms with van der Waals surface area (Å²) in [6.07, 6.45) is 1.98. The predicted octanol–water partition coefficient (Wildman–Crippen LogP) is 11.5. The number of furan rings is 1. The number of aryl methyl sites for hydroxylation is 1. The maximum atomic E-state index is 8.44. The molecule has 265 valence electrons. The molecule has 7 heteroatoms. The van der Waals surface area contributed by atoms with Crippen LogP contribution in [0.1, 0.15) is 32.4 Å². The summed E-state index contributed by atoms with van der Waals surface area (Å²) in [5.74, 6) is 0.191. The van der Waals surface area contributed by atoms with Crippen molar-refractivity contribution in [1.82, 2.24) is 19.5 Å². The van der Waals surface area contributed by atoms with E-state index in [1.54, 1.807) is 0 Å². The Morgan fingerprint density at radius 3 is 2.34 bits per heavy atom. The van der Waals surface area contributed by atoms with Gasteiger partial charge in [-0.15, -0.1) is 54.1 Å². The number of hydrogen-bond donors (Lipinski definition) is 0. The minimum atomic E-state index is -1.50. The van der Waals surface area contributed by atoms with Gasteiger partial charge in [0.15, 0.2) is 0 Å². The second kappa shape index (κ2) is 14.7. The summed E-state index contributed by atoms with van der Waals surface area (Å²) < 4.78 is 17.0. The van der Waals surface area contributed by atoms with Crippen LogP contribution < -0.4 is 5.19 Å². The van der Waals surface area contributed by atoms with Crippen LogP contribution in [0.25, 0.3) is 72.2 Å². The fraction of sp³-hybridized carbons (Fsp3) is 0.152.